The third-order valence-corrected chi connectivity index (χ3v) is 4.04. The number of nitrogens with one attached hydrogen (secondary N) is 1. The number of pyridine rings is 1. The summed E-state index contributed by atoms with van der Waals surface area (Å²) >= 11 is 5.46. The van der Waals surface area contributed by atoms with Gasteiger partial charge in [0.1, 0.15) is 0 Å². The number of hydrogen-bond acceptors (Lipinski definition) is 5. The van der Waals surface area contributed by atoms with Gasteiger partial charge in [0.2, 0.25) is 5.91 Å². The SMILES string of the molecule is CCCC(=O)NC(=S)N(Cc1cccnc1)c1ccc(C(=O)OCC)cc1. The lowest BCUT2D eigenvalue weighted by molar-refractivity contribution is -0.119. The number of ether oxygens (including phenoxy) is 1. The van der Waals surface area contributed by atoms with Crippen molar-refractivity contribution in [1.29, 1.82) is 0 Å². The van der Waals surface area contributed by atoms with Crippen LogP contribution < -0.4 is 10.2 Å². The number of nitrogens with zero attached hydrogens (tertiary/aromatic N) is 2. The fourth-order valence-electron chi connectivity index (χ4n) is 2.42. The zero-order valence-electron chi connectivity index (χ0n) is 15.5. The Morgan fingerprint density at radius 2 is 1.93 bits per heavy atom. The third kappa shape index (κ3) is 6.14. The average molecular weight is 385 g/mol. The lowest BCUT2D eigenvalue weighted by atomic mass is 10.2. The molecular formula is C20H23N3O3S. The van der Waals surface area contributed by atoms with E-state index in [1.807, 2.05) is 19.1 Å². The molecule has 1 amide bonds. The number of rotatable bonds is 7. The highest BCUT2D eigenvalue weighted by atomic mass is 32.1. The molecule has 6 nitrogen and oxygen atoms in total. The van der Waals surface area contributed by atoms with Crippen molar-refractivity contribution in [2.45, 2.75) is 33.2 Å². The summed E-state index contributed by atoms with van der Waals surface area (Å²) < 4.78 is 5.01. The van der Waals surface area contributed by atoms with Gasteiger partial charge in [0.25, 0.3) is 0 Å². The second kappa shape index (κ2) is 10.4. The van der Waals surface area contributed by atoms with E-state index in [9.17, 15) is 9.59 Å². The summed E-state index contributed by atoms with van der Waals surface area (Å²) in [5.41, 5.74) is 2.16. The topological polar surface area (TPSA) is 71.5 Å². The van der Waals surface area contributed by atoms with E-state index in [1.165, 1.54) is 0 Å². The predicted octanol–water partition coefficient (Wildman–Crippen LogP) is 3.47. The number of aromatic nitrogens is 1. The van der Waals surface area contributed by atoms with Gasteiger partial charge in [-0.25, -0.2) is 4.79 Å². The van der Waals surface area contributed by atoms with Crippen LogP contribution in [0.1, 0.15) is 42.6 Å². The van der Waals surface area contributed by atoms with E-state index in [1.54, 1.807) is 48.5 Å². The van der Waals surface area contributed by atoms with E-state index >= 15 is 0 Å². The standard InChI is InChI=1S/C20H23N3O3S/c1-3-6-18(24)22-20(27)23(14-15-7-5-12-21-13-15)17-10-8-16(9-11-17)19(25)26-4-2/h5,7-13H,3-4,6,14H2,1-2H3,(H,22,24,27). The van der Waals surface area contributed by atoms with E-state index in [2.05, 4.69) is 10.3 Å². The Labute approximate surface area is 164 Å². The molecule has 1 aromatic heterocycles. The van der Waals surface area contributed by atoms with E-state index in [0.717, 1.165) is 17.7 Å². The number of benzene rings is 1. The van der Waals surface area contributed by atoms with E-state index < -0.39 is 0 Å². The van der Waals surface area contributed by atoms with Gasteiger partial charge in [-0.15, -0.1) is 0 Å². The molecule has 0 aliphatic heterocycles. The molecule has 7 heteroatoms. The molecule has 0 radical (unpaired) electrons. The Hall–Kier alpha value is -2.80. The minimum Gasteiger partial charge on any atom is -0.462 e. The molecule has 0 bridgehead atoms. The molecule has 0 aliphatic rings. The Morgan fingerprint density at radius 3 is 2.52 bits per heavy atom. The summed E-state index contributed by atoms with van der Waals surface area (Å²) in [5, 5.41) is 3.07. The smallest absolute Gasteiger partial charge is 0.338 e. The van der Waals surface area contributed by atoms with Crippen LogP contribution in [0.3, 0.4) is 0 Å². The maximum Gasteiger partial charge on any atom is 0.338 e. The van der Waals surface area contributed by atoms with Crippen LogP contribution in [0.2, 0.25) is 0 Å². The highest BCUT2D eigenvalue weighted by Crippen LogP contribution is 2.19. The van der Waals surface area contributed by atoms with Crippen LogP contribution in [0, 0.1) is 0 Å². The molecule has 2 rings (SSSR count). The lowest BCUT2D eigenvalue weighted by Crippen LogP contribution is -2.42. The molecule has 0 fully saturated rings. The fourth-order valence-corrected chi connectivity index (χ4v) is 2.71. The van der Waals surface area contributed by atoms with Crippen molar-refractivity contribution < 1.29 is 14.3 Å². The fraction of sp³-hybridized carbons (Fsp3) is 0.300. The molecule has 0 aliphatic carbocycles. The molecule has 2 aromatic rings. The Morgan fingerprint density at radius 1 is 1.19 bits per heavy atom. The van der Waals surface area contributed by atoms with Crippen molar-refractivity contribution in [3.8, 4) is 0 Å². The highest BCUT2D eigenvalue weighted by Gasteiger charge is 2.16. The first-order valence-corrected chi connectivity index (χ1v) is 9.23. The van der Waals surface area contributed by atoms with Gasteiger partial charge in [0.05, 0.1) is 18.7 Å². The number of thiocarbonyl (C=S) groups is 1. The van der Waals surface area contributed by atoms with Crippen molar-refractivity contribution >= 4 is 34.9 Å². The third-order valence-electron chi connectivity index (χ3n) is 3.72. The minimum atomic E-state index is -0.373. The van der Waals surface area contributed by atoms with Crippen molar-refractivity contribution in [2.24, 2.45) is 0 Å². The normalized spacial score (nSPS) is 10.1. The monoisotopic (exact) mass is 385 g/mol. The quantitative estimate of drug-likeness (QED) is 0.581. The zero-order valence-corrected chi connectivity index (χ0v) is 16.3. The van der Waals surface area contributed by atoms with Crippen LogP contribution in [0.15, 0.2) is 48.8 Å². The first kappa shape index (κ1) is 20.5. The number of hydrogen-bond donors (Lipinski definition) is 1. The van der Waals surface area contributed by atoms with Gasteiger partial charge in [-0.1, -0.05) is 13.0 Å². The number of amides is 1. The van der Waals surface area contributed by atoms with E-state index in [0.29, 0.717) is 30.2 Å². The molecular weight excluding hydrogens is 362 g/mol. The molecule has 0 spiro atoms. The molecule has 1 heterocycles. The zero-order chi connectivity index (χ0) is 19.6. The lowest BCUT2D eigenvalue weighted by Gasteiger charge is -2.25. The maximum atomic E-state index is 12.0. The summed E-state index contributed by atoms with van der Waals surface area (Å²) in [5.74, 6) is -0.497. The van der Waals surface area contributed by atoms with Crippen molar-refractivity contribution in [1.82, 2.24) is 10.3 Å². The summed E-state index contributed by atoms with van der Waals surface area (Å²) in [7, 11) is 0. The Balaban J connectivity index is 2.24. The van der Waals surface area contributed by atoms with Gasteiger partial charge in [0, 0.05) is 24.5 Å². The van der Waals surface area contributed by atoms with Crippen molar-refractivity contribution in [3.05, 3.63) is 59.9 Å². The van der Waals surface area contributed by atoms with Gasteiger partial charge >= 0.3 is 5.97 Å². The van der Waals surface area contributed by atoms with Gasteiger partial charge in [-0.2, -0.15) is 0 Å². The average Bonchev–Trinajstić information content (AvgIpc) is 2.67. The highest BCUT2D eigenvalue weighted by molar-refractivity contribution is 7.80. The first-order chi connectivity index (χ1) is 13.0. The molecule has 1 aromatic carbocycles. The van der Waals surface area contributed by atoms with Crippen molar-refractivity contribution in [3.63, 3.8) is 0 Å². The van der Waals surface area contributed by atoms with Gasteiger partial charge in [-0.3, -0.25) is 9.78 Å². The van der Waals surface area contributed by atoms with Crippen LogP contribution in [-0.2, 0) is 16.1 Å². The number of carbonyl (C=O) groups is 2. The number of anilines is 1. The van der Waals surface area contributed by atoms with Crippen LogP contribution in [-0.4, -0.2) is 28.6 Å². The van der Waals surface area contributed by atoms with Gasteiger partial charge < -0.3 is 15.0 Å². The molecule has 27 heavy (non-hydrogen) atoms. The Bertz CT molecular complexity index is 779. The molecule has 1 N–H and O–H groups in total. The van der Waals surface area contributed by atoms with E-state index in [4.69, 9.17) is 17.0 Å². The summed E-state index contributed by atoms with van der Waals surface area (Å²) in [6, 6.07) is 10.7. The largest absolute Gasteiger partial charge is 0.462 e. The molecule has 0 saturated heterocycles. The second-order valence-electron chi connectivity index (χ2n) is 5.82. The Kier molecular flexibility index (Phi) is 7.88. The summed E-state index contributed by atoms with van der Waals surface area (Å²) in [4.78, 5) is 29.7. The van der Waals surface area contributed by atoms with E-state index in [-0.39, 0.29) is 11.9 Å². The van der Waals surface area contributed by atoms with Crippen LogP contribution >= 0.6 is 12.2 Å². The molecule has 142 valence electrons. The molecule has 0 saturated carbocycles. The second-order valence-corrected chi connectivity index (χ2v) is 6.20. The van der Waals surface area contributed by atoms with Crippen LogP contribution in [0.25, 0.3) is 0 Å². The number of carbonyl (C=O) groups excluding carboxylic acids is 2. The van der Waals surface area contributed by atoms with Gasteiger partial charge in [0.15, 0.2) is 5.11 Å². The minimum absolute atomic E-state index is 0.123. The van der Waals surface area contributed by atoms with Crippen LogP contribution in [0.5, 0.6) is 0 Å². The maximum absolute atomic E-state index is 12.0. The number of esters is 1. The van der Waals surface area contributed by atoms with Crippen molar-refractivity contribution in [2.75, 3.05) is 11.5 Å². The first-order valence-electron chi connectivity index (χ1n) is 8.82. The molecule has 0 unspecified atom stereocenters. The summed E-state index contributed by atoms with van der Waals surface area (Å²) in [6.45, 7) is 4.46. The predicted molar refractivity (Wildman–Crippen MR) is 108 cm³/mol. The molecule has 0 atom stereocenters. The van der Waals surface area contributed by atoms with Crippen LogP contribution in [0.4, 0.5) is 5.69 Å². The van der Waals surface area contributed by atoms with Gasteiger partial charge in [-0.05, 0) is 61.5 Å². The summed E-state index contributed by atoms with van der Waals surface area (Å²) in [6.07, 6.45) is 4.59.